The van der Waals surface area contributed by atoms with Gasteiger partial charge in [-0.05, 0) is 46.6 Å². The van der Waals surface area contributed by atoms with Crippen molar-refractivity contribution in [3.63, 3.8) is 0 Å². The molecule has 0 aromatic carbocycles. The van der Waals surface area contributed by atoms with E-state index >= 15 is 0 Å². The predicted octanol–water partition coefficient (Wildman–Crippen LogP) is 2.13. The minimum Gasteiger partial charge on any atom is -0.369 e. The highest BCUT2D eigenvalue weighted by atomic mass is 16.5. The fraction of sp³-hybridized carbons (Fsp3) is 0.778. The van der Waals surface area contributed by atoms with Crippen LogP contribution in [0.15, 0.2) is 0 Å². The molecule has 2 atom stereocenters. The molecule has 6 nitrogen and oxygen atoms in total. The molecular formula is C18H28N4O2. The second kappa shape index (κ2) is 5.85. The fourth-order valence-corrected chi connectivity index (χ4v) is 4.79. The van der Waals surface area contributed by atoms with Crippen LogP contribution < -0.4 is 0 Å². The van der Waals surface area contributed by atoms with Crippen molar-refractivity contribution < 1.29 is 9.53 Å². The van der Waals surface area contributed by atoms with Gasteiger partial charge in [-0.3, -0.25) is 9.89 Å². The number of piperidine rings is 1. The summed E-state index contributed by atoms with van der Waals surface area (Å²) in [4.78, 5) is 17.8. The number of nitrogens with one attached hydrogen (secondary N) is 1. The maximum absolute atomic E-state index is 13.3. The second-order valence-corrected chi connectivity index (χ2v) is 7.85. The van der Waals surface area contributed by atoms with Crippen molar-refractivity contribution in [1.82, 2.24) is 20.0 Å². The molecule has 3 aliphatic heterocycles. The Morgan fingerprint density at radius 2 is 2.00 bits per heavy atom. The molecule has 4 rings (SSSR count). The Bertz CT molecular complexity index is 633. The van der Waals surface area contributed by atoms with Crippen molar-refractivity contribution in [2.45, 2.75) is 63.7 Å². The molecule has 4 heterocycles. The van der Waals surface area contributed by atoms with Gasteiger partial charge in [-0.15, -0.1) is 0 Å². The van der Waals surface area contributed by atoms with E-state index in [9.17, 15) is 4.79 Å². The molecule has 0 saturated carbocycles. The molecule has 0 radical (unpaired) electrons. The Labute approximate surface area is 143 Å². The lowest BCUT2D eigenvalue weighted by Crippen LogP contribution is -2.53. The summed E-state index contributed by atoms with van der Waals surface area (Å²) in [6, 6.07) is 0. The molecule has 1 spiro atoms. The van der Waals surface area contributed by atoms with E-state index in [2.05, 4.69) is 34.0 Å². The molecule has 0 unspecified atom stereocenters. The number of amides is 1. The third-order valence-corrected chi connectivity index (χ3v) is 6.20. The van der Waals surface area contributed by atoms with E-state index in [4.69, 9.17) is 4.74 Å². The zero-order chi connectivity index (χ0) is 16.9. The third-order valence-electron chi connectivity index (χ3n) is 6.20. The molecule has 2 saturated heterocycles. The minimum absolute atomic E-state index is 0.0198. The molecular weight excluding hydrogens is 304 g/mol. The van der Waals surface area contributed by atoms with Crippen molar-refractivity contribution >= 4 is 5.91 Å². The maximum atomic E-state index is 13.3. The van der Waals surface area contributed by atoms with Gasteiger partial charge in [0.2, 0.25) is 0 Å². The van der Waals surface area contributed by atoms with Crippen LogP contribution in [0, 0.1) is 0 Å². The average Bonchev–Trinajstić information content (AvgIpc) is 3.14. The zero-order valence-electron chi connectivity index (χ0n) is 15.0. The fourth-order valence-electron chi connectivity index (χ4n) is 4.79. The predicted molar refractivity (Wildman–Crippen MR) is 91.0 cm³/mol. The Morgan fingerprint density at radius 3 is 2.75 bits per heavy atom. The van der Waals surface area contributed by atoms with Gasteiger partial charge in [0.1, 0.15) is 0 Å². The summed E-state index contributed by atoms with van der Waals surface area (Å²) in [5.41, 5.74) is 2.74. The number of hydrogen-bond donors (Lipinski definition) is 1. The van der Waals surface area contributed by atoms with Crippen LogP contribution in [0.1, 0.15) is 67.4 Å². The molecule has 1 amide bonds. The highest BCUT2D eigenvalue weighted by Crippen LogP contribution is 2.40. The first-order valence-corrected chi connectivity index (χ1v) is 9.23. The molecule has 0 bridgehead atoms. The van der Waals surface area contributed by atoms with Crippen LogP contribution >= 0.6 is 0 Å². The Kier molecular flexibility index (Phi) is 3.92. The molecule has 1 N–H and O–H groups in total. The lowest BCUT2D eigenvalue weighted by molar-refractivity contribution is -0.00710. The molecule has 132 valence electrons. The van der Waals surface area contributed by atoms with E-state index in [1.54, 1.807) is 0 Å². The van der Waals surface area contributed by atoms with Crippen molar-refractivity contribution in [3.8, 4) is 0 Å². The van der Waals surface area contributed by atoms with Crippen molar-refractivity contribution in [2.24, 2.45) is 0 Å². The van der Waals surface area contributed by atoms with Gasteiger partial charge >= 0.3 is 0 Å². The first kappa shape index (κ1) is 16.1. The molecule has 2 fully saturated rings. The van der Waals surface area contributed by atoms with Crippen LogP contribution in [-0.2, 0) is 11.2 Å². The SMILES string of the molecule is C[C@@H]1Cc2c(C(=O)N3CCCC34CCN(C)CC4)n[nH]c2[C@H](C)O1. The summed E-state index contributed by atoms with van der Waals surface area (Å²) in [6.07, 6.45) is 5.28. The van der Waals surface area contributed by atoms with Crippen LogP contribution in [-0.4, -0.2) is 64.2 Å². The van der Waals surface area contributed by atoms with Crippen LogP contribution in [0.4, 0.5) is 0 Å². The number of rotatable bonds is 1. The lowest BCUT2D eigenvalue weighted by atomic mass is 9.84. The quantitative estimate of drug-likeness (QED) is 0.856. The van der Waals surface area contributed by atoms with E-state index in [0.717, 1.165) is 63.0 Å². The molecule has 1 aromatic heterocycles. The van der Waals surface area contributed by atoms with E-state index < -0.39 is 0 Å². The highest BCUT2D eigenvalue weighted by molar-refractivity contribution is 5.95. The summed E-state index contributed by atoms with van der Waals surface area (Å²) in [5.74, 6) is 0.121. The van der Waals surface area contributed by atoms with Crippen LogP contribution in [0.25, 0.3) is 0 Å². The summed E-state index contributed by atoms with van der Waals surface area (Å²) in [7, 11) is 2.17. The van der Waals surface area contributed by atoms with Crippen molar-refractivity contribution in [3.05, 3.63) is 17.0 Å². The Morgan fingerprint density at radius 1 is 1.25 bits per heavy atom. The first-order valence-electron chi connectivity index (χ1n) is 9.23. The van der Waals surface area contributed by atoms with Gasteiger partial charge in [-0.25, -0.2) is 0 Å². The van der Waals surface area contributed by atoms with E-state index in [-0.39, 0.29) is 23.7 Å². The normalized spacial score (nSPS) is 29.9. The molecule has 24 heavy (non-hydrogen) atoms. The molecule has 1 aromatic rings. The number of carbonyl (C=O) groups excluding carboxylic acids is 1. The van der Waals surface area contributed by atoms with Crippen LogP contribution in [0.5, 0.6) is 0 Å². The summed E-state index contributed by atoms with van der Waals surface area (Å²) < 4.78 is 5.85. The maximum Gasteiger partial charge on any atom is 0.275 e. The number of hydrogen-bond acceptors (Lipinski definition) is 4. The lowest BCUT2D eigenvalue weighted by Gasteiger charge is -2.44. The van der Waals surface area contributed by atoms with Crippen LogP contribution in [0.3, 0.4) is 0 Å². The van der Waals surface area contributed by atoms with Gasteiger partial charge in [0.05, 0.1) is 17.9 Å². The van der Waals surface area contributed by atoms with Gasteiger partial charge in [0.15, 0.2) is 5.69 Å². The Balaban J connectivity index is 1.62. The summed E-state index contributed by atoms with van der Waals surface area (Å²) in [5, 5.41) is 7.48. The standard InChI is InChI=1S/C18H28N4O2/c1-12-11-14-15(13(2)24-12)19-20-16(14)17(23)22-8-4-5-18(22)6-9-21(3)10-7-18/h12-13H,4-11H2,1-3H3,(H,19,20)/t12-,13+/m1/s1. The van der Waals surface area contributed by atoms with Gasteiger partial charge < -0.3 is 14.5 Å². The number of carbonyl (C=O) groups is 1. The van der Waals surface area contributed by atoms with Gasteiger partial charge in [-0.1, -0.05) is 0 Å². The van der Waals surface area contributed by atoms with E-state index in [1.807, 2.05) is 6.92 Å². The number of likely N-dealkylation sites (tertiary alicyclic amines) is 2. The van der Waals surface area contributed by atoms with Crippen molar-refractivity contribution in [2.75, 3.05) is 26.7 Å². The molecule has 0 aliphatic carbocycles. The zero-order valence-corrected chi connectivity index (χ0v) is 15.0. The Hall–Kier alpha value is -1.40. The number of fused-ring (bicyclic) bond motifs is 1. The van der Waals surface area contributed by atoms with Gasteiger partial charge in [0, 0.05) is 37.2 Å². The molecule has 6 heteroatoms. The topological polar surface area (TPSA) is 61.5 Å². The number of ether oxygens (including phenoxy) is 1. The third kappa shape index (κ3) is 2.47. The number of aromatic amines is 1. The number of H-pyrrole nitrogens is 1. The van der Waals surface area contributed by atoms with Gasteiger partial charge in [0.25, 0.3) is 5.91 Å². The van der Waals surface area contributed by atoms with Gasteiger partial charge in [-0.2, -0.15) is 5.10 Å². The van der Waals surface area contributed by atoms with E-state index in [0.29, 0.717) is 5.69 Å². The summed E-state index contributed by atoms with van der Waals surface area (Å²) >= 11 is 0. The average molecular weight is 332 g/mol. The van der Waals surface area contributed by atoms with E-state index in [1.165, 1.54) is 0 Å². The van der Waals surface area contributed by atoms with Crippen molar-refractivity contribution in [1.29, 1.82) is 0 Å². The monoisotopic (exact) mass is 332 g/mol. The molecule has 3 aliphatic rings. The number of nitrogens with zero attached hydrogens (tertiary/aromatic N) is 3. The number of aromatic nitrogens is 2. The minimum atomic E-state index is -0.0198. The van der Waals surface area contributed by atoms with Crippen LogP contribution in [0.2, 0.25) is 0 Å². The smallest absolute Gasteiger partial charge is 0.275 e. The second-order valence-electron chi connectivity index (χ2n) is 7.85. The highest BCUT2D eigenvalue weighted by Gasteiger charge is 2.46. The largest absolute Gasteiger partial charge is 0.369 e. The summed E-state index contributed by atoms with van der Waals surface area (Å²) in [6.45, 7) is 7.10. The first-order chi connectivity index (χ1) is 11.5.